The van der Waals surface area contributed by atoms with Gasteiger partial charge in [0.2, 0.25) is 0 Å². The average molecular weight is 483 g/mol. The number of hydrogen-bond donors (Lipinski definition) is 2. The Morgan fingerprint density at radius 2 is 1.79 bits per heavy atom. The number of rotatable bonds is 3. The summed E-state index contributed by atoms with van der Waals surface area (Å²) in [6.45, 7) is 5.50. The zero-order valence-electron chi connectivity index (χ0n) is 18.4. The van der Waals surface area contributed by atoms with Crippen LogP contribution in [0.5, 0.6) is 5.75 Å². The van der Waals surface area contributed by atoms with E-state index < -0.39 is 5.92 Å². The first-order valence-corrected chi connectivity index (χ1v) is 11.7. The molecule has 1 fully saturated rings. The van der Waals surface area contributed by atoms with Gasteiger partial charge in [-0.3, -0.25) is 9.59 Å². The molecule has 1 saturated heterocycles. The lowest BCUT2D eigenvalue weighted by molar-refractivity contribution is -0.118. The first kappa shape index (κ1) is 22.1. The number of ketones is 2. The largest absolute Gasteiger partial charge is 0.508 e. The molecule has 5 rings (SSSR count). The highest BCUT2D eigenvalue weighted by molar-refractivity contribution is 6.31. The fourth-order valence-electron chi connectivity index (χ4n) is 5.22. The zero-order valence-corrected chi connectivity index (χ0v) is 19.9. The van der Waals surface area contributed by atoms with Crippen molar-refractivity contribution >= 4 is 34.8 Å². The summed E-state index contributed by atoms with van der Waals surface area (Å²) >= 11 is 12.4. The fraction of sp³-hybridized carbons (Fsp3) is 0.308. The number of phenolic OH excluding ortho intramolecular Hbond substituents is 1. The minimum atomic E-state index is -0.720. The first-order chi connectivity index (χ1) is 15.7. The molecule has 0 saturated carbocycles. The van der Waals surface area contributed by atoms with Crippen LogP contribution in [0.3, 0.4) is 0 Å². The van der Waals surface area contributed by atoms with E-state index in [0.717, 1.165) is 5.70 Å². The standard InChI is InChI=1S/C26H24Cl2N2O3/c1-26(2)12-18-22(20(32)13-26)21(17-11-16(28)7-8-19(17)31)23(25-29-9-10-30(18)25)24(33)14-3-5-15(27)6-4-14/h3-8,11,21,29,31H,9-10,12-13H2,1-2H3. The minimum Gasteiger partial charge on any atom is -0.508 e. The minimum absolute atomic E-state index is 0.00187. The molecule has 3 aliphatic rings. The monoisotopic (exact) mass is 482 g/mol. The van der Waals surface area contributed by atoms with E-state index in [1.807, 2.05) is 0 Å². The maximum atomic E-state index is 13.9. The number of benzene rings is 2. The van der Waals surface area contributed by atoms with Crippen molar-refractivity contribution in [3.05, 3.63) is 86.3 Å². The number of carbonyl (C=O) groups is 2. The normalized spacial score (nSPS) is 21.6. The van der Waals surface area contributed by atoms with Gasteiger partial charge in [-0.1, -0.05) is 37.0 Å². The van der Waals surface area contributed by atoms with Crippen molar-refractivity contribution in [2.24, 2.45) is 5.41 Å². The van der Waals surface area contributed by atoms with Gasteiger partial charge in [0.15, 0.2) is 11.6 Å². The topological polar surface area (TPSA) is 69.6 Å². The second-order valence-electron chi connectivity index (χ2n) is 9.61. The predicted octanol–water partition coefficient (Wildman–Crippen LogP) is 5.44. The second kappa shape index (κ2) is 7.93. The Hall–Kier alpha value is -2.76. The van der Waals surface area contributed by atoms with Crippen molar-refractivity contribution in [1.82, 2.24) is 10.2 Å². The number of nitrogens with zero attached hydrogens (tertiary/aromatic N) is 1. The number of fused-ring (bicyclic) bond motifs is 2. The molecule has 2 aromatic carbocycles. The third-order valence-electron chi connectivity index (χ3n) is 6.60. The smallest absolute Gasteiger partial charge is 0.193 e. The van der Waals surface area contributed by atoms with Crippen molar-refractivity contribution in [2.45, 2.75) is 32.6 Å². The molecular formula is C26H24Cl2N2O3. The highest BCUT2D eigenvalue weighted by atomic mass is 35.5. The van der Waals surface area contributed by atoms with Gasteiger partial charge in [-0.2, -0.15) is 0 Å². The third kappa shape index (κ3) is 3.73. The SMILES string of the molecule is CC1(C)CC(=O)C2=C(C1)N1CCNC1=C(C(=O)c1ccc(Cl)cc1)C2c1cc(Cl)ccc1O. The number of hydrogen-bond acceptors (Lipinski definition) is 5. The van der Waals surface area contributed by atoms with Gasteiger partial charge < -0.3 is 15.3 Å². The summed E-state index contributed by atoms with van der Waals surface area (Å²) in [6, 6.07) is 11.5. The average Bonchev–Trinajstić information content (AvgIpc) is 3.24. The van der Waals surface area contributed by atoms with Gasteiger partial charge in [0.1, 0.15) is 11.6 Å². The Balaban J connectivity index is 1.77. The van der Waals surface area contributed by atoms with Gasteiger partial charge >= 0.3 is 0 Å². The van der Waals surface area contributed by atoms with E-state index >= 15 is 0 Å². The maximum Gasteiger partial charge on any atom is 0.193 e. The van der Waals surface area contributed by atoms with Gasteiger partial charge in [0.25, 0.3) is 0 Å². The van der Waals surface area contributed by atoms with Crippen molar-refractivity contribution in [3.8, 4) is 5.75 Å². The van der Waals surface area contributed by atoms with Crippen LogP contribution in [0.4, 0.5) is 0 Å². The van der Waals surface area contributed by atoms with Gasteiger partial charge in [-0.15, -0.1) is 0 Å². The Morgan fingerprint density at radius 1 is 1.09 bits per heavy atom. The second-order valence-corrected chi connectivity index (χ2v) is 10.5. The van der Waals surface area contributed by atoms with E-state index in [1.54, 1.807) is 36.4 Å². The van der Waals surface area contributed by atoms with Gasteiger partial charge in [0, 0.05) is 52.0 Å². The quantitative estimate of drug-likeness (QED) is 0.570. The van der Waals surface area contributed by atoms with E-state index in [9.17, 15) is 14.7 Å². The molecule has 1 aliphatic carbocycles. The molecule has 2 heterocycles. The number of aromatic hydroxyl groups is 1. The molecule has 0 amide bonds. The van der Waals surface area contributed by atoms with Crippen LogP contribution in [0, 0.1) is 5.41 Å². The Bertz CT molecular complexity index is 1240. The van der Waals surface area contributed by atoms with Crippen LogP contribution < -0.4 is 5.32 Å². The van der Waals surface area contributed by atoms with Crippen LogP contribution >= 0.6 is 23.2 Å². The number of carbonyl (C=O) groups excluding carboxylic acids is 2. The van der Waals surface area contributed by atoms with E-state index in [-0.39, 0.29) is 22.7 Å². The Labute approximate surface area is 202 Å². The van der Waals surface area contributed by atoms with Gasteiger partial charge in [-0.25, -0.2) is 0 Å². The van der Waals surface area contributed by atoms with Crippen LogP contribution in [0.25, 0.3) is 0 Å². The molecule has 33 heavy (non-hydrogen) atoms. The van der Waals surface area contributed by atoms with E-state index in [0.29, 0.717) is 64.1 Å². The van der Waals surface area contributed by atoms with Gasteiger partial charge in [-0.05, 0) is 54.3 Å². The molecule has 0 bridgehead atoms. The van der Waals surface area contributed by atoms with Crippen LogP contribution in [-0.4, -0.2) is 34.7 Å². The molecule has 2 aliphatic heterocycles. The molecule has 0 spiro atoms. The zero-order chi connectivity index (χ0) is 23.5. The molecule has 2 N–H and O–H groups in total. The molecule has 0 radical (unpaired) electrons. The third-order valence-corrected chi connectivity index (χ3v) is 7.09. The van der Waals surface area contributed by atoms with Crippen molar-refractivity contribution in [2.75, 3.05) is 13.1 Å². The van der Waals surface area contributed by atoms with Crippen molar-refractivity contribution in [3.63, 3.8) is 0 Å². The summed E-state index contributed by atoms with van der Waals surface area (Å²) in [6.07, 6.45) is 1.09. The molecule has 1 atom stereocenters. The fourth-order valence-corrected chi connectivity index (χ4v) is 5.52. The number of halogens is 2. The van der Waals surface area contributed by atoms with E-state index in [4.69, 9.17) is 23.2 Å². The highest BCUT2D eigenvalue weighted by Gasteiger charge is 2.47. The number of nitrogens with one attached hydrogen (secondary N) is 1. The summed E-state index contributed by atoms with van der Waals surface area (Å²) < 4.78 is 0. The Kier molecular flexibility index (Phi) is 5.30. The molecule has 5 nitrogen and oxygen atoms in total. The summed E-state index contributed by atoms with van der Waals surface area (Å²) in [5.74, 6) is -0.235. The lowest BCUT2D eigenvalue weighted by Crippen LogP contribution is -2.40. The van der Waals surface area contributed by atoms with E-state index in [1.165, 1.54) is 6.07 Å². The summed E-state index contributed by atoms with van der Waals surface area (Å²) in [5.41, 5.74) is 2.68. The van der Waals surface area contributed by atoms with Crippen LogP contribution in [0.15, 0.2) is 65.1 Å². The van der Waals surface area contributed by atoms with Crippen molar-refractivity contribution in [1.29, 1.82) is 0 Å². The van der Waals surface area contributed by atoms with Crippen LogP contribution in [0.1, 0.15) is 48.5 Å². The number of allylic oxidation sites excluding steroid dienone is 3. The molecular weight excluding hydrogens is 459 g/mol. The number of Topliss-reactive ketones (excluding diaryl/α,β-unsaturated/α-hetero) is 2. The lowest BCUT2D eigenvalue weighted by Gasteiger charge is -2.43. The molecule has 170 valence electrons. The molecule has 7 heteroatoms. The molecule has 2 aromatic rings. The van der Waals surface area contributed by atoms with Gasteiger partial charge in [0.05, 0.1) is 11.5 Å². The van der Waals surface area contributed by atoms with Crippen molar-refractivity contribution < 1.29 is 14.7 Å². The lowest BCUT2D eigenvalue weighted by atomic mass is 9.67. The Morgan fingerprint density at radius 3 is 2.52 bits per heavy atom. The summed E-state index contributed by atoms with van der Waals surface area (Å²) in [4.78, 5) is 29.6. The predicted molar refractivity (Wildman–Crippen MR) is 128 cm³/mol. The maximum absolute atomic E-state index is 13.9. The number of phenols is 1. The van der Waals surface area contributed by atoms with E-state index in [2.05, 4.69) is 24.1 Å². The molecule has 0 aromatic heterocycles. The molecule has 1 unspecified atom stereocenters. The van der Waals surface area contributed by atoms with Crippen LogP contribution in [-0.2, 0) is 4.79 Å². The van der Waals surface area contributed by atoms with Crippen LogP contribution in [0.2, 0.25) is 10.0 Å². The summed E-state index contributed by atoms with van der Waals surface area (Å²) in [5, 5.41) is 15.2. The first-order valence-electron chi connectivity index (χ1n) is 11.0. The highest BCUT2D eigenvalue weighted by Crippen LogP contribution is 2.52. The summed E-state index contributed by atoms with van der Waals surface area (Å²) in [7, 11) is 0.